The Morgan fingerprint density at radius 2 is 1.45 bits per heavy atom. The van der Waals surface area contributed by atoms with Crippen molar-refractivity contribution in [3.8, 4) is 0 Å². The summed E-state index contributed by atoms with van der Waals surface area (Å²) in [7, 11) is 2.35. The van der Waals surface area contributed by atoms with Gasteiger partial charge >= 0.3 is 8.80 Å². The minimum Gasteiger partial charge on any atom is -0.377 e. The lowest BCUT2D eigenvalue weighted by molar-refractivity contribution is 0.109. The maximum Gasteiger partial charge on any atom is 0.503 e. The lowest BCUT2D eigenvalue weighted by atomic mass is 10.1. The third kappa shape index (κ3) is 13.4. The summed E-state index contributed by atoms with van der Waals surface area (Å²) < 4.78 is 17.0. The zero-order valence-electron chi connectivity index (χ0n) is 19.2. The van der Waals surface area contributed by atoms with Crippen LogP contribution in [0.25, 0.3) is 0 Å². The molecule has 1 aromatic carbocycles. The van der Waals surface area contributed by atoms with E-state index >= 15 is 0 Å². The Labute approximate surface area is 186 Å². The normalized spacial score (nSPS) is 11.9. The zero-order valence-corrected chi connectivity index (χ0v) is 21.1. The first-order valence-corrected chi connectivity index (χ1v) is 12.5. The SMILES string of the molecule is CCCCCCC.CO[Si](OC)(OC)C(CCNCCN)Cc1ccccc1.Cl. The van der Waals surface area contributed by atoms with Gasteiger partial charge in [0.25, 0.3) is 0 Å². The van der Waals surface area contributed by atoms with Gasteiger partial charge in [0.15, 0.2) is 0 Å². The van der Waals surface area contributed by atoms with Crippen LogP contribution in [-0.2, 0) is 19.7 Å². The molecule has 0 amide bonds. The van der Waals surface area contributed by atoms with Crippen LogP contribution < -0.4 is 11.1 Å². The van der Waals surface area contributed by atoms with Crippen molar-refractivity contribution in [3.05, 3.63) is 35.9 Å². The van der Waals surface area contributed by atoms with Crippen LogP contribution >= 0.6 is 12.4 Å². The smallest absolute Gasteiger partial charge is 0.377 e. The van der Waals surface area contributed by atoms with Crippen LogP contribution in [0.2, 0.25) is 5.54 Å². The van der Waals surface area contributed by atoms with Crippen molar-refractivity contribution in [3.63, 3.8) is 0 Å². The van der Waals surface area contributed by atoms with Crippen molar-refractivity contribution in [2.45, 2.75) is 64.3 Å². The van der Waals surface area contributed by atoms with Gasteiger partial charge in [0.1, 0.15) is 0 Å². The fourth-order valence-electron chi connectivity index (χ4n) is 3.23. The Kier molecular flexibility index (Phi) is 22.0. The van der Waals surface area contributed by atoms with Crippen molar-refractivity contribution in [2.75, 3.05) is 41.0 Å². The first kappa shape index (κ1) is 30.7. The van der Waals surface area contributed by atoms with E-state index in [1.165, 1.54) is 37.7 Å². The van der Waals surface area contributed by atoms with Crippen molar-refractivity contribution >= 4 is 21.2 Å². The molecule has 0 aromatic heterocycles. The third-order valence-electron chi connectivity index (χ3n) is 4.88. The average Bonchev–Trinajstić information content (AvgIpc) is 2.74. The van der Waals surface area contributed by atoms with Gasteiger partial charge in [-0.2, -0.15) is 0 Å². The second kappa shape index (κ2) is 20.8. The number of rotatable bonds is 15. The van der Waals surface area contributed by atoms with Gasteiger partial charge < -0.3 is 24.3 Å². The van der Waals surface area contributed by atoms with Crippen molar-refractivity contribution in [2.24, 2.45) is 5.73 Å². The molecule has 0 spiro atoms. The van der Waals surface area contributed by atoms with E-state index in [2.05, 4.69) is 43.4 Å². The van der Waals surface area contributed by atoms with Crippen LogP contribution in [0, 0.1) is 0 Å². The van der Waals surface area contributed by atoms with E-state index in [4.69, 9.17) is 19.0 Å². The standard InChI is InChI=1S/C15H28N2O3Si.C7H16.ClH/c1-18-21(19-2,20-3)15(9-11-17-12-10-16)13-14-7-5-4-6-8-14;1-3-5-7-6-4-2;/h4-8,15,17H,9-13,16H2,1-3H3;3-7H2,1-2H3;1H. The molecule has 172 valence electrons. The molecule has 0 radical (unpaired) electrons. The Morgan fingerprint density at radius 3 is 1.90 bits per heavy atom. The van der Waals surface area contributed by atoms with Gasteiger partial charge in [-0.15, -0.1) is 12.4 Å². The number of hydrogen-bond donors (Lipinski definition) is 2. The summed E-state index contributed by atoms with van der Waals surface area (Å²) in [5.41, 5.74) is 6.99. The summed E-state index contributed by atoms with van der Waals surface area (Å²) in [5.74, 6) is 0. The quantitative estimate of drug-likeness (QED) is 0.297. The highest BCUT2D eigenvalue weighted by Crippen LogP contribution is 2.31. The largest absolute Gasteiger partial charge is 0.503 e. The molecule has 29 heavy (non-hydrogen) atoms. The summed E-state index contributed by atoms with van der Waals surface area (Å²) in [6.07, 6.45) is 8.82. The van der Waals surface area contributed by atoms with Crippen LogP contribution in [0.1, 0.15) is 57.9 Å². The molecule has 0 saturated carbocycles. The lowest BCUT2D eigenvalue weighted by Crippen LogP contribution is -2.49. The van der Waals surface area contributed by atoms with Gasteiger partial charge in [-0.1, -0.05) is 76.3 Å². The molecule has 0 saturated heterocycles. The van der Waals surface area contributed by atoms with E-state index in [0.717, 1.165) is 25.9 Å². The predicted molar refractivity (Wildman–Crippen MR) is 129 cm³/mol. The highest BCUT2D eigenvalue weighted by atomic mass is 35.5. The van der Waals surface area contributed by atoms with Crippen molar-refractivity contribution < 1.29 is 13.3 Å². The van der Waals surface area contributed by atoms with Crippen LogP contribution in [0.5, 0.6) is 0 Å². The van der Waals surface area contributed by atoms with Gasteiger partial charge in [0.2, 0.25) is 0 Å². The predicted octanol–water partition coefficient (Wildman–Crippen LogP) is 4.81. The molecular weight excluding hydrogens is 404 g/mol. The molecule has 0 bridgehead atoms. The Bertz CT molecular complexity index is 439. The van der Waals surface area contributed by atoms with Gasteiger partial charge in [-0.3, -0.25) is 0 Å². The number of unbranched alkanes of at least 4 members (excludes halogenated alkanes) is 4. The topological polar surface area (TPSA) is 65.7 Å². The van der Waals surface area contributed by atoms with Crippen LogP contribution in [-0.4, -0.2) is 49.8 Å². The molecular formula is C22H45ClN2O3Si. The maximum absolute atomic E-state index is 5.67. The molecule has 0 aliphatic heterocycles. The van der Waals surface area contributed by atoms with E-state index in [1.54, 1.807) is 21.3 Å². The Hall–Kier alpha value is -0.473. The van der Waals surface area contributed by atoms with E-state index in [9.17, 15) is 0 Å². The second-order valence-electron chi connectivity index (χ2n) is 6.99. The zero-order chi connectivity index (χ0) is 21.1. The van der Waals surface area contributed by atoms with Crippen molar-refractivity contribution in [1.82, 2.24) is 5.32 Å². The van der Waals surface area contributed by atoms with Gasteiger partial charge in [-0.05, 0) is 24.9 Å². The molecule has 1 rings (SSSR count). The molecule has 5 nitrogen and oxygen atoms in total. The number of hydrogen-bond acceptors (Lipinski definition) is 5. The molecule has 1 unspecified atom stereocenters. The molecule has 0 aliphatic rings. The number of halogens is 1. The Balaban J connectivity index is 0. The number of nitrogens with one attached hydrogen (secondary N) is 1. The van der Waals surface area contributed by atoms with Crippen LogP contribution in [0.4, 0.5) is 0 Å². The van der Waals surface area contributed by atoms with Gasteiger partial charge in [0.05, 0.1) is 0 Å². The van der Waals surface area contributed by atoms with Gasteiger partial charge in [0, 0.05) is 40.0 Å². The molecule has 1 aromatic rings. The Morgan fingerprint density at radius 1 is 0.897 bits per heavy atom. The minimum atomic E-state index is -2.66. The molecule has 3 N–H and O–H groups in total. The van der Waals surface area contributed by atoms with E-state index in [-0.39, 0.29) is 17.9 Å². The average molecular weight is 449 g/mol. The highest BCUT2D eigenvalue weighted by molar-refractivity contribution is 6.62. The fraction of sp³-hybridized carbons (Fsp3) is 0.727. The summed E-state index contributed by atoms with van der Waals surface area (Å²) >= 11 is 0. The molecule has 0 aliphatic carbocycles. The monoisotopic (exact) mass is 448 g/mol. The molecule has 7 heteroatoms. The van der Waals surface area contributed by atoms with E-state index in [1.807, 2.05) is 6.07 Å². The maximum atomic E-state index is 5.67. The van der Waals surface area contributed by atoms with Crippen LogP contribution in [0.3, 0.4) is 0 Å². The van der Waals surface area contributed by atoms with E-state index < -0.39 is 8.80 Å². The summed E-state index contributed by atoms with van der Waals surface area (Å²) in [6, 6.07) is 10.4. The fourth-order valence-corrected chi connectivity index (χ4v) is 5.72. The summed E-state index contributed by atoms with van der Waals surface area (Å²) in [5, 5.41) is 3.33. The van der Waals surface area contributed by atoms with E-state index in [0.29, 0.717) is 6.54 Å². The first-order chi connectivity index (χ1) is 13.6. The molecule has 1 atom stereocenters. The summed E-state index contributed by atoms with van der Waals surface area (Å²) in [4.78, 5) is 0. The molecule has 0 fully saturated rings. The molecule has 0 heterocycles. The minimum absolute atomic E-state index is 0. The van der Waals surface area contributed by atoms with Gasteiger partial charge in [-0.25, -0.2) is 0 Å². The number of benzene rings is 1. The van der Waals surface area contributed by atoms with Crippen molar-refractivity contribution in [1.29, 1.82) is 0 Å². The first-order valence-electron chi connectivity index (χ1n) is 10.7. The second-order valence-corrected chi connectivity index (χ2v) is 10.2. The summed E-state index contributed by atoms with van der Waals surface area (Å²) in [6.45, 7) is 6.83. The highest BCUT2D eigenvalue weighted by Gasteiger charge is 2.46. The number of nitrogens with two attached hydrogens (primary N) is 1. The van der Waals surface area contributed by atoms with Crippen LogP contribution in [0.15, 0.2) is 30.3 Å². The lowest BCUT2D eigenvalue weighted by Gasteiger charge is -2.32. The third-order valence-corrected chi connectivity index (χ3v) is 8.08.